The summed E-state index contributed by atoms with van der Waals surface area (Å²) in [5.41, 5.74) is -0.198. The third kappa shape index (κ3) is 3.07. The zero-order valence-corrected chi connectivity index (χ0v) is 12.5. The normalized spacial score (nSPS) is 13.5. The van der Waals surface area contributed by atoms with Crippen molar-refractivity contribution >= 4 is 15.9 Å². The smallest absolute Gasteiger partial charge is 0.416 e. The van der Waals surface area contributed by atoms with Crippen molar-refractivity contribution in [1.82, 2.24) is 5.32 Å². The Morgan fingerprint density at radius 1 is 1.20 bits per heavy atom. The maximum Gasteiger partial charge on any atom is 0.416 e. The molecule has 0 aliphatic heterocycles. The Morgan fingerprint density at radius 2 is 1.90 bits per heavy atom. The average Bonchev–Trinajstić information content (AvgIpc) is 2.77. The average molecular weight is 348 g/mol. The van der Waals surface area contributed by atoms with Crippen LogP contribution in [0.1, 0.15) is 28.7 Å². The molecule has 0 aliphatic rings. The minimum absolute atomic E-state index is 0.444. The van der Waals surface area contributed by atoms with E-state index in [1.807, 2.05) is 0 Å². The van der Waals surface area contributed by atoms with E-state index in [0.717, 1.165) is 12.1 Å². The molecule has 20 heavy (non-hydrogen) atoms. The van der Waals surface area contributed by atoms with Crippen LogP contribution in [0.2, 0.25) is 0 Å². The van der Waals surface area contributed by atoms with Gasteiger partial charge in [0.2, 0.25) is 0 Å². The first kappa shape index (κ1) is 15.1. The first-order chi connectivity index (χ1) is 9.32. The van der Waals surface area contributed by atoms with Crippen LogP contribution in [0.5, 0.6) is 0 Å². The van der Waals surface area contributed by atoms with Crippen LogP contribution in [0.4, 0.5) is 13.2 Å². The fraction of sp³-hybridized carbons (Fsp3) is 0.286. The number of nitrogens with one attached hydrogen (secondary N) is 1. The summed E-state index contributed by atoms with van der Waals surface area (Å²) in [5, 5.41) is 2.98. The summed E-state index contributed by atoms with van der Waals surface area (Å²) in [5.74, 6) is 1.29. The van der Waals surface area contributed by atoms with E-state index in [4.69, 9.17) is 4.42 Å². The lowest BCUT2D eigenvalue weighted by molar-refractivity contribution is -0.137. The van der Waals surface area contributed by atoms with Gasteiger partial charge >= 0.3 is 6.18 Å². The second kappa shape index (κ2) is 5.61. The Morgan fingerprint density at radius 3 is 2.40 bits per heavy atom. The Kier molecular flexibility index (Phi) is 4.25. The molecule has 0 spiro atoms. The number of hydrogen-bond acceptors (Lipinski definition) is 2. The highest BCUT2D eigenvalue weighted by Crippen LogP contribution is 2.35. The van der Waals surface area contributed by atoms with Gasteiger partial charge < -0.3 is 9.73 Å². The van der Waals surface area contributed by atoms with Crippen LogP contribution in [0, 0.1) is 6.92 Å². The zero-order valence-electron chi connectivity index (χ0n) is 10.9. The van der Waals surface area contributed by atoms with E-state index >= 15 is 0 Å². The van der Waals surface area contributed by atoms with Crippen molar-refractivity contribution in [2.45, 2.75) is 19.1 Å². The molecule has 0 saturated carbocycles. The minimum Gasteiger partial charge on any atom is -0.464 e. The maximum absolute atomic E-state index is 12.8. The predicted octanol–water partition coefficient (Wildman–Crippen LogP) is 4.68. The van der Waals surface area contributed by atoms with Crippen molar-refractivity contribution in [2.24, 2.45) is 0 Å². The van der Waals surface area contributed by atoms with Gasteiger partial charge in [-0.1, -0.05) is 15.9 Å². The third-order valence-corrected chi connectivity index (χ3v) is 3.69. The second-order valence-corrected chi connectivity index (χ2v) is 5.26. The fourth-order valence-electron chi connectivity index (χ4n) is 2.00. The number of halogens is 4. The molecule has 1 unspecified atom stereocenters. The molecule has 2 rings (SSSR count). The number of alkyl halides is 3. The summed E-state index contributed by atoms with van der Waals surface area (Å²) in [7, 11) is 1.68. The molecule has 108 valence electrons. The van der Waals surface area contributed by atoms with Crippen molar-refractivity contribution < 1.29 is 17.6 Å². The predicted molar refractivity (Wildman–Crippen MR) is 73.5 cm³/mol. The van der Waals surface area contributed by atoms with E-state index in [9.17, 15) is 13.2 Å². The van der Waals surface area contributed by atoms with Crippen molar-refractivity contribution in [3.8, 4) is 0 Å². The summed E-state index contributed by atoms with van der Waals surface area (Å²) in [6.07, 6.45) is -4.37. The van der Waals surface area contributed by atoms with E-state index < -0.39 is 17.8 Å². The highest BCUT2D eigenvalue weighted by Gasteiger charge is 2.32. The highest BCUT2D eigenvalue weighted by atomic mass is 79.9. The Balaban J connectivity index is 2.49. The maximum atomic E-state index is 12.8. The van der Waals surface area contributed by atoms with Crippen LogP contribution in [0.25, 0.3) is 0 Å². The molecule has 0 radical (unpaired) electrons. The highest BCUT2D eigenvalue weighted by molar-refractivity contribution is 9.10. The van der Waals surface area contributed by atoms with Gasteiger partial charge in [-0.05, 0) is 49.9 Å². The van der Waals surface area contributed by atoms with Crippen LogP contribution in [0.3, 0.4) is 0 Å². The lowest BCUT2D eigenvalue weighted by Gasteiger charge is -2.18. The fourth-order valence-corrected chi connectivity index (χ4v) is 2.48. The van der Waals surface area contributed by atoms with Crippen molar-refractivity contribution in [2.75, 3.05) is 7.05 Å². The zero-order chi connectivity index (χ0) is 14.9. The van der Waals surface area contributed by atoms with E-state index in [2.05, 4.69) is 21.2 Å². The molecular formula is C14H13BrF3NO. The van der Waals surface area contributed by atoms with E-state index in [1.54, 1.807) is 26.1 Å². The lowest BCUT2D eigenvalue weighted by Crippen LogP contribution is -2.18. The van der Waals surface area contributed by atoms with Gasteiger partial charge in [0.25, 0.3) is 0 Å². The summed E-state index contributed by atoms with van der Waals surface area (Å²) < 4.78 is 44.5. The third-order valence-electron chi connectivity index (χ3n) is 2.97. The molecule has 0 fully saturated rings. The number of hydrogen-bond donors (Lipinski definition) is 1. The van der Waals surface area contributed by atoms with Gasteiger partial charge in [0.15, 0.2) is 0 Å². The first-order valence-corrected chi connectivity index (χ1v) is 6.72. The quantitative estimate of drug-likeness (QED) is 0.872. The first-order valence-electron chi connectivity index (χ1n) is 5.93. The molecule has 0 aliphatic carbocycles. The van der Waals surface area contributed by atoms with Gasteiger partial charge in [0.1, 0.15) is 11.5 Å². The monoisotopic (exact) mass is 347 g/mol. The molecule has 1 N–H and O–H groups in total. The standard InChI is InChI=1S/C14H13BrF3NO/c1-8-3-6-12(20-8)13(19-2)10-7-9(14(16,17)18)4-5-11(10)15/h3-7,13,19H,1-2H3. The number of benzene rings is 1. The van der Waals surface area contributed by atoms with Crippen LogP contribution >= 0.6 is 15.9 Å². The Labute approximate surface area is 123 Å². The minimum atomic E-state index is -4.37. The number of furan rings is 1. The summed E-state index contributed by atoms with van der Waals surface area (Å²) in [6, 6.07) is 6.67. The van der Waals surface area contributed by atoms with Gasteiger partial charge in [-0.2, -0.15) is 13.2 Å². The molecule has 1 aromatic carbocycles. The molecule has 1 atom stereocenters. The molecule has 0 amide bonds. The van der Waals surface area contributed by atoms with E-state index in [-0.39, 0.29) is 0 Å². The number of aryl methyl sites for hydroxylation is 1. The van der Waals surface area contributed by atoms with E-state index in [0.29, 0.717) is 21.6 Å². The van der Waals surface area contributed by atoms with Crippen molar-refractivity contribution in [3.63, 3.8) is 0 Å². The van der Waals surface area contributed by atoms with Gasteiger partial charge in [-0.3, -0.25) is 0 Å². The molecule has 0 saturated heterocycles. The summed E-state index contributed by atoms with van der Waals surface area (Å²) >= 11 is 3.29. The summed E-state index contributed by atoms with van der Waals surface area (Å²) in [4.78, 5) is 0. The molecule has 1 aromatic heterocycles. The lowest BCUT2D eigenvalue weighted by atomic mass is 10.0. The van der Waals surface area contributed by atoms with Gasteiger partial charge in [0.05, 0.1) is 11.6 Å². The van der Waals surface area contributed by atoms with Crippen LogP contribution in [-0.2, 0) is 6.18 Å². The van der Waals surface area contributed by atoms with Gasteiger partial charge in [-0.15, -0.1) is 0 Å². The molecule has 0 bridgehead atoms. The molecule has 1 heterocycles. The SMILES string of the molecule is CNC(c1ccc(C)o1)c1cc(C(F)(F)F)ccc1Br. The molecule has 2 nitrogen and oxygen atoms in total. The van der Waals surface area contributed by atoms with E-state index in [1.165, 1.54) is 6.07 Å². The molecule has 2 aromatic rings. The Hall–Kier alpha value is -1.27. The van der Waals surface area contributed by atoms with Crippen molar-refractivity contribution in [3.05, 3.63) is 57.5 Å². The molecule has 6 heteroatoms. The van der Waals surface area contributed by atoms with Crippen LogP contribution < -0.4 is 5.32 Å². The van der Waals surface area contributed by atoms with Gasteiger partial charge in [-0.25, -0.2) is 0 Å². The van der Waals surface area contributed by atoms with Crippen LogP contribution in [-0.4, -0.2) is 7.05 Å². The van der Waals surface area contributed by atoms with Crippen molar-refractivity contribution in [1.29, 1.82) is 0 Å². The van der Waals surface area contributed by atoms with Crippen LogP contribution in [0.15, 0.2) is 39.2 Å². The van der Waals surface area contributed by atoms with Gasteiger partial charge in [0, 0.05) is 4.47 Å². The number of rotatable bonds is 3. The summed E-state index contributed by atoms with van der Waals surface area (Å²) in [6.45, 7) is 1.79. The second-order valence-electron chi connectivity index (χ2n) is 4.40. The largest absolute Gasteiger partial charge is 0.464 e. The topological polar surface area (TPSA) is 25.2 Å². The molecular weight excluding hydrogens is 335 g/mol. The Bertz CT molecular complexity index is 607.